The molecule has 0 atom stereocenters. The van der Waals surface area contributed by atoms with Crippen LogP contribution in [-0.4, -0.2) is 50.0 Å². The molecular formula is C48H41B2CaCl. The van der Waals surface area contributed by atoms with Crippen LogP contribution in [0.1, 0.15) is 0 Å². The predicted octanol–water partition coefficient (Wildman–Crippen LogP) is 6.17. The Kier molecular flexibility index (Phi) is 14.0. The molecule has 248 valence electrons. The van der Waals surface area contributed by atoms with Gasteiger partial charge >= 0.3 is 37.7 Å². The largest absolute Gasteiger partial charge is 2.00 e. The third-order valence-electron chi connectivity index (χ3n) is 10.4. The average molecular weight is 715 g/mol. The fraction of sp³-hybridized carbons (Fsp3) is 0. The van der Waals surface area contributed by atoms with E-state index in [0.717, 1.165) is 0 Å². The summed E-state index contributed by atoms with van der Waals surface area (Å²) in [5, 5.41) is 0. The summed E-state index contributed by atoms with van der Waals surface area (Å²) in [5.74, 6) is 0. The topological polar surface area (TPSA) is 0 Å². The summed E-state index contributed by atoms with van der Waals surface area (Å²) >= 11 is 0. The van der Waals surface area contributed by atoms with Crippen molar-refractivity contribution in [1.29, 1.82) is 0 Å². The predicted molar refractivity (Wildman–Crippen MR) is 233 cm³/mol. The van der Waals surface area contributed by atoms with E-state index < -0.39 is 12.3 Å². The van der Waals surface area contributed by atoms with Gasteiger partial charge in [-0.05, 0) is 0 Å². The first-order valence-electron chi connectivity index (χ1n) is 17.6. The summed E-state index contributed by atoms with van der Waals surface area (Å²) in [6, 6.07) is 87.1. The van der Waals surface area contributed by atoms with Gasteiger partial charge in [0.05, 0.1) is 0 Å². The Hall–Kier alpha value is -4.56. The summed E-state index contributed by atoms with van der Waals surface area (Å²) in [4.78, 5) is 0. The molecule has 0 amide bonds. The van der Waals surface area contributed by atoms with Crippen LogP contribution in [0.4, 0.5) is 0 Å². The van der Waals surface area contributed by atoms with Gasteiger partial charge in [0.1, 0.15) is 12.3 Å². The van der Waals surface area contributed by atoms with Crippen molar-refractivity contribution in [3.05, 3.63) is 243 Å². The molecule has 4 heteroatoms. The first-order valence-corrected chi connectivity index (χ1v) is 17.6. The quantitative estimate of drug-likeness (QED) is 0.165. The third-order valence-corrected chi connectivity index (χ3v) is 10.4. The maximum absolute atomic E-state index is 2.26. The number of benzene rings is 8. The Morgan fingerprint density at radius 3 is 0.365 bits per heavy atom. The fourth-order valence-corrected chi connectivity index (χ4v) is 8.24. The van der Waals surface area contributed by atoms with Crippen LogP contribution in [0.5, 0.6) is 0 Å². The Balaban J connectivity index is 0.000000194. The van der Waals surface area contributed by atoms with E-state index in [1.807, 2.05) is 0 Å². The molecule has 0 saturated heterocycles. The molecule has 0 aromatic heterocycles. The van der Waals surface area contributed by atoms with Gasteiger partial charge in [0.2, 0.25) is 0 Å². The van der Waals surface area contributed by atoms with E-state index in [2.05, 4.69) is 243 Å². The van der Waals surface area contributed by atoms with Gasteiger partial charge in [-0.2, -0.15) is 43.7 Å². The van der Waals surface area contributed by atoms with Gasteiger partial charge in [0, 0.05) is 0 Å². The van der Waals surface area contributed by atoms with Gasteiger partial charge in [0.25, 0.3) is 0 Å². The maximum Gasteiger partial charge on any atom is 2.00 e. The van der Waals surface area contributed by atoms with Crippen molar-refractivity contribution >= 4 is 106 Å². The first-order chi connectivity index (χ1) is 24.8. The van der Waals surface area contributed by atoms with Crippen molar-refractivity contribution in [2.45, 2.75) is 0 Å². The minimum absolute atomic E-state index is 0. The molecule has 0 fully saturated rings. The zero-order chi connectivity index (χ0) is 33.9. The monoisotopic (exact) mass is 714 g/mol. The number of hydrogen-bond acceptors (Lipinski definition) is 0. The van der Waals surface area contributed by atoms with E-state index in [9.17, 15) is 0 Å². The smallest absolute Gasteiger partial charge is 0.195 e. The second-order valence-corrected chi connectivity index (χ2v) is 13.0. The fourth-order valence-electron chi connectivity index (χ4n) is 8.24. The van der Waals surface area contributed by atoms with E-state index in [4.69, 9.17) is 0 Å². The van der Waals surface area contributed by atoms with Crippen LogP contribution in [0.3, 0.4) is 0 Å². The second-order valence-electron chi connectivity index (χ2n) is 13.0. The van der Waals surface area contributed by atoms with E-state index >= 15 is 0 Å². The molecule has 0 unspecified atom stereocenters. The van der Waals surface area contributed by atoms with E-state index in [1.54, 1.807) is 0 Å². The van der Waals surface area contributed by atoms with Gasteiger partial charge < -0.3 is 0 Å². The van der Waals surface area contributed by atoms with Crippen LogP contribution in [0.15, 0.2) is 243 Å². The molecule has 0 saturated carbocycles. The molecule has 52 heavy (non-hydrogen) atoms. The zero-order valence-electron chi connectivity index (χ0n) is 29.4. The average Bonchev–Trinajstić information content (AvgIpc) is 3.22. The number of hydrogen-bond donors (Lipinski definition) is 0. The Morgan fingerprint density at radius 1 is 0.173 bits per heavy atom. The summed E-state index contributed by atoms with van der Waals surface area (Å²) in [5.41, 5.74) is 10.7. The molecule has 0 N–H and O–H groups in total. The number of rotatable bonds is 8. The van der Waals surface area contributed by atoms with Crippen molar-refractivity contribution in [2.24, 2.45) is 0 Å². The Labute approximate surface area is 345 Å². The third kappa shape index (κ3) is 7.77. The number of halogens is 1. The van der Waals surface area contributed by atoms with Crippen LogP contribution in [0.2, 0.25) is 0 Å². The summed E-state index contributed by atoms with van der Waals surface area (Å²) in [6.45, 7) is 0. The molecule has 0 aliphatic carbocycles. The molecule has 8 aromatic rings. The maximum atomic E-state index is 2.26. The van der Waals surface area contributed by atoms with Crippen molar-refractivity contribution in [3.63, 3.8) is 0 Å². The summed E-state index contributed by atoms with van der Waals surface area (Å²) in [7, 11) is 0. The van der Waals surface area contributed by atoms with Crippen molar-refractivity contribution in [3.8, 4) is 0 Å². The van der Waals surface area contributed by atoms with Crippen LogP contribution in [0, 0.1) is 0 Å². The van der Waals surface area contributed by atoms with Gasteiger partial charge in [-0.1, -0.05) is 243 Å². The van der Waals surface area contributed by atoms with Crippen LogP contribution < -0.4 is 43.7 Å². The van der Waals surface area contributed by atoms with Crippen LogP contribution in [-0.2, 0) is 0 Å². The Morgan fingerprint density at radius 2 is 0.269 bits per heavy atom. The van der Waals surface area contributed by atoms with E-state index in [1.165, 1.54) is 43.7 Å². The van der Waals surface area contributed by atoms with Crippen LogP contribution >= 0.6 is 12.4 Å². The molecule has 0 bridgehead atoms. The molecule has 0 aliphatic rings. The minimum Gasteiger partial charge on any atom is -0.195 e. The molecule has 0 aliphatic heterocycles. The zero-order valence-corrected chi connectivity index (χ0v) is 32.4. The van der Waals surface area contributed by atoms with Crippen molar-refractivity contribution < 1.29 is 0 Å². The molecule has 0 nitrogen and oxygen atoms in total. The molecule has 0 spiro atoms. The van der Waals surface area contributed by atoms with E-state index in [-0.39, 0.29) is 50.1 Å². The van der Waals surface area contributed by atoms with Crippen LogP contribution in [0.25, 0.3) is 0 Å². The first kappa shape index (κ1) is 38.7. The normalized spacial score (nSPS) is 10.8. The molecule has 8 rings (SSSR count). The SMILES string of the molecule is Cl.[Ca+2].c1ccc([B-](c2ccccc2)(c2ccccc2)c2ccccc2)cc1.c1ccc([B-](c2ccccc2)(c2ccccc2)c2ccccc2)cc1. The molecular weight excluding hydrogens is 674 g/mol. The molecule has 8 aromatic carbocycles. The van der Waals surface area contributed by atoms with Crippen molar-refractivity contribution in [1.82, 2.24) is 0 Å². The minimum atomic E-state index is -1.22. The standard InChI is InChI=1S/2C24H20B.Ca.ClH/c2*1-5-13-21(14-6-1)25(22-15-7-2-8-16-22,23-17-9-3-10-18-23)24-19-11-4-12-20-24;;/h2*1-20H;;1H/q2*-1;+2;. The molecule has 0 radical (unpaired) electrons. The van der Waals surface area contributed by atoms with Gasteiger partial charge in [-0.25, -0.2) is 0 Å². The van der Waals surface area contributed by atoms with Gasteiger partial charge in [-0.3, -0.25) is 0 Å². The van der Waals surface area contributed by atoms with E-state index in [0.29, 0.717) is 0 Å². The Bertz CT molecular complexity index is 1680. The van der Waals surface area contributed by atoms with Gasteiger partial charge in [-0.15, -0.1) is 12.4 Å². The molecule has 0 heterocycles. The summed E-state index contributed by atoms with van der Waals surface area (Å²) in [6.07, 6.45) is -2.43. The second kappa shape index (κ2) is 18.8. The van der Waals surface area contributed by atoms with Gasteiger partial charge in [0.15, 0.2) is 0 Å². The summed E-state index contributed by atoms with van der Waals surface area (Å²) < 4.78 is 0. The van der Waals surface area contributed by atoms with Crippen molar-refractivity contribution in [2.75, 3.05) is 0 Å².